The first kappa shape index (κ1) is 18.9. The van der Waals surface area contributed by atoms with Crippen molar-refractivity contribution in [2.75, 3.05) is 18.2 Å². The highest BCUT2D eigenvalue weighted by molar-refractivity contribution is 7.99. The van der Waals surface area contributed by atoms with Crippen molar-refractivity contribution in [3.63, 3.8) is 0 Å². The fraction of sp³-hybridized carbons (Fsp3) is 0.421. The fourth-order valence-electron chi connectivity index (χ4n) is 4.13. The lowest BCUT2D eigenvalue weighted by atomic mass is 10.1. The molecule has 5 rings (SSSR count). The molecule has 3 aromatic rings. The van der Waals surface area contributed by atoms with Crippen LogP contribution in [0.2, 0.25) is 5.28 Å². The van der Waals surface area contributed by atoms with E-state index in [9.17, 15) is 10.2 Å². The molecular formula is C19H20ClN5O3S. The van der Waals surface area contributed by atoms with Gasteiger partial charge >= 0.3 is 0 Å². The van der Waals surface area contributed by atoms with E-state index in [1.165, 1.54) is 22.9 Å². The average molecular weight is 434 g/mol. The molecule has 10 heteroatoms. The quantitative estimate of drug-likeness (QED) is 0.539. The summed E-state index contributed by atoms with van der Waals surface area (Å²) < 4.78 is 7.24. The minimum Gasteiger partial charge on any atom is -0.496 e. The molecule has 1 saturated heterocycles. The van der Waals surface area contributed by atoms with E-state index in [2.05, 4.69) is 26.3 Å². The lowest BCUT2D eigenvalue weighted by molar-refractivity contribution is 0.0313. The van der Waals surface area contributed by atoms with E-state index in [0.717, 1.165) is 18.6 Å². The summed E-state index contributed by atoms with van der Waals surface area (Å²) in [6.45, 7) is 0. The van der Waals surface area contributed by atoms with Gasteiger partial charge in [0.2, 0.25) is 5.28 Å². The van der Waals surface area contributed by atoms with Crippen molar-refractivity contribution in [1.82, 2.24) is 19.5 Å². The largest absolute Gasteiger partial charge is 0.496 e. The summed E-state index contributed by atoms with van der Waals surface area (Å²) in [7, 11) is 1.68. The molecule has 3 N–H and O–H groups in total. The van der Waals surface area contributed by atoms with Gasteiger partial charge in [-0.2, -0.15) is 9.97 Å². The van der Waals surface area contributed by atoms with Gasteiger partial charge in [0.15, 0.2) is 17.0 Å². The number of nitrogens with one attached hydrogen (secondary N) is 1. The number of halogens is 1. The highest BCUT2D eigenvalue weighted by Gasteiger charge is 2.37. The van der Waals surface area contributed by atoms with Crippen molar-refractivity contribution in [3.8, 4) is 5.75 Å². The fourth-order valence-corrected chi connectivity index (χ4v) is 5.58. The third-order valence-electron chi connectivity index (χ3n) is 5.55. The van der Waals surface area contributed by atoms with Crippen LogP contribution in [0.15, 0.2) is 24.5 Å². The number of aliphatic hydroxyl groups is 2. The van der Waals surface area contributed by atoms with Crippen molar-refractivity contribution in [2.24, 2.45) is 0 Å². The zero-order chi connectivity index (χ0) is 20.1. The molecule has 0 amide bonds. The Morgan fingerprint density at radius 2 is 2.17 bits per heavy atom. The number of imidazole rings is 1. The van der Waals surface area contributed by atoms with Crippen LogP contribution in [0.4, 0.5) is 5.82 Å². The van der Waals surface area contributed by atoms with Gasteiger partial charge in [-0.05, 0) is 41.6 Å². The van der Waals surface area contributed by atoms with Gasteiger partial charge < -0.3 is 20.3 Å². The van der Waals surface area contributed by atoms with Gasteiger partial charge in [-0.1, -0.05) is 12.1 Å². The van der Waals surface area contributed by atoms with Crippen LogP contribution in [0.3, 0.4) is 0 Å². The highest BCUT2D eigenvalue weighted by atomic mass is 35.5. The third kappa shape index (κ3) is 3.13. The van der Waals surface area contributed by atoms with Crippen LogP contribution in [0.25, 0.3) is 11.2 Å². The van der Waals surface area contributed by atoms with Crippen LogP contribution < -0.4 is 10.1 Å². The Labute approximate surface area is 176 Å². The number of anilines is 1. The number of methoxy groups -OCH3 is 1. The normalized spacial score (nSPS) is 26.1. The Kier molecular flexibility index (Phi) is 4.78. The van der Waals surface area contributed by atoms with E-state index in [1.54, 1.807) is 18.0 Å². The van der Waals surface area contributed by atoms with E-state index in [1.807, 2.05) is 12.1 Å². The molecule has 0 bridgehead atoms. The van der Waals surface area contributed by atoms with E-state index < -0.39 is 12.2 Å². The average Bonchev–Trinajstić information content (AvgIpc) is 3.40. The third-order valence-corrected chi connectivity index (χ3v) is 7.10. The van der Waals surface area contributed by atoms with E-state index in [0.29, 0.717) is 22.7 Å². The molecule has 0 spiro atoms. The summed E-state index contributed by atoms with van der Waals surface area (Å²) >= 11 is 7.67. The lowest BCUT2D eigenvalue weighted by Crippen LogP contribution is -2.27. The van der Waals surface area contributed by atoms with Crippen molar-refractivity contribution in [2.45, 2.75) is 36.5 Å². The molecule has 1 fully saturated rings. The number of hydrogen-bond acceptors (Lipinski definition) is 8. The van der Waals surface area contributed by atoms with Gasteiger partial charge in [-0.25, -0.2) is 4.98 Å². The number of rotatable bonds is 4. The second-order valence-electron chi connectivity index (χ2n) is 7.21. The van der Waals surface area contributed by atoms with Gasteiger partial charge in [0, 0.05) is 5.75 Å². The molecule has 1 aliphatic carbocycles. The first-order valence-electron chi connectivity index (χ1n) is 9.37. The predicted octanol–water partition coefficient (Wildman–Crippen LogP) is 2.55. The molecule has 1 aliphatic heterocycles. The van der Waals surface area contributed by atoms with Crippen LogP contribution in [-0.2, 0) is 6.42 Å². The smallest absolute Gasteiger partial charge is 0.226 e. The standard InChI is InChI=1S/C19H20ClN5O3S/c1-28-13-4-2-3-9-10(13)5-6-11(9)22-16-14-17(24-19(20)23-16)25(8-21-14)18-15(27)12(26)7-29-18/h2-4,8,11-12,15,18,26-27H,5-7H2,1H3,(H,22,23,24)/t11-,12-,15-,18-/m1/s1. The maximum Gasteiger partial charge on any atom is 0.226 e. The van der Waals surface area contributed by atoms with Crippen molar-refractivity contribution in [3.05, 3.63) is 40.9 Å². The van der Waals surface area contributed by atoms with Crippen molar-refractivity contribution >= 4 is 40.3 Å². The summed E-state index contributed by atoms with van der Waals surface area (Å²) in [6.07, 6.45) is 1.77. The Morgan fingerprint density at radius 3 is 2.93 bits per heavy atom. The first-order chi connectivity index (χ1) is 14.1. The number of benzene rings is 1. The second kappa shape index (κ2) is 7.32. The van der Waals surface area contributed by atoms with Gasteiger partial charge in [-0.15, -0.1) is 11.8 Å². The molecule has 0 unspecified atom stereocenters. The van der Waals surface area contributed by atoms with Crippen LogP contribution in [0, 0.1) is 0 Å². The molecule has 152 valence electrons. The SMILES string of the molecule is COc1cccc2c1CC[C@H]2Nc1nc(Cl)nc2c1ncn2[C@@H]1SC[C@@H](O)[C@H]1O. The number of aromatic nitrogens is 4. The van der Waals surface area contributed by atoms with Gasteiger partial charge in [0.1, 0.15) is 17.2 Å². The number of nitrogens with zero attached hydrogens (tertiary/aromatic N) is 4. The number of aliphatic hydroxyl groups excluding tert-OH is 2. The number of fused-ring (bicyclic) bond motifs is 2. The zero-order valence-corrected chi connectivity index (χ0v) is 17.2. The second-order valence-corrected chi connectivity index (χ2v) is 8.70. The maximum atomic E-state index is 10.3. The summed E-state index contributed by atoms with van der Waals surface area (Å²) in [4.78, 5) is 13.2. The van der Waals surface area contributed by atoms with Crippen LogP contribution in [-0.4, -0.2) is 54.8 Å². The van der Waals surface area contributed by atoms with E-state index in [-0.39, 0.29) is 16.7 Å². The van der Waals surface area contributed by atoms with Crippen LogP contribution in [0.5, 0.6) is 5.75 Å². The van der Waals surface area contributed by atoms with Gasteiger partial charge in [0.25, 0.3) is 0 Å². The molecule has 1 aromatic carbocycles. The zero-order valence-electron chi connectivity index (χ0n) is 15.6. The molecule has 2 aliphatic rings. The minimum absolute atomic E-state index is 0.0627. The van der Waals surface area contributed by atoms with Crippen molar-refractivity contribution in [1.29, 1.82) is 0 Å². The lowest BCUT2D eigenvalue weighted by Gasteiger charge is -2.18. The van der Waals surface area contributed by atoms with E-state index in [4.69, 9.17) is 16.3 Å². The molecule has 3 heterocycles. The number of thioether (sulfide) groups is 1. The topological polar surface area (TPSA) is 105 Å². The molecule has 0 radical (unpaired) electrons. The summed E-state index contributed by atoms with van der Waals surface area (Å²) in [5.74, 6) is 1.90. The molecule has 29 heavy (non-hydrogen) atoms. The Balaban J connectivity index is 1.51. The van der Waals surface area contributed by atoms with Crippen LogP contribution in [0.1, 0.15) is 29.0 Å². The number of hydrogen-bond donors (Lipinski definition) is 3. The van der Waals surface area contributed by atoms with Gasteiger partial charge in [0.05, 0.1) is 25.6 Å². The Bertz CT molecular complexity index is 1080. The minimum atomic E-state index is -0.892. The Hall–Kier alpha value is -2.07. The molecular weight excluding hydrogens is 414 g/mol. The molecule has 2 aromatic heterocycles. The summed E-state index contributed by atoms with van der Waals surface area (Å²) in [5, 5.41) is 23.4. The maximum absolute atomic E-state index is 10.3. The van der Waals surface area contributed by atoms with Crippen molar-refractivity contribution < 1.29 is 14.9 Å². The van der Waals surface area contributed by atoms with E-state index >= 15 is 0 Å². The molecule has 8 nitrogen and oxygen atoms in total. The monoisotopic (exact) mass is 433 g/mol. The first-order valence-corrected chi connectivity index (χ1v) is 10.8. The van der Waals surface area contributed by atoms with Crippen LogP contribution >= 0.6 is 23.4 Å². The summed E-state index contributed by atoms with van der Waals surface area (Å²) in [6, 6.07) is 6.11. The molecule has 0 saturated carbocycles. The number of ether oxygens (including phenoxy) is 1. The highest BCUT2D eigenvalue weighted by Crippen LogP contribution is 2.41. The predicted molar refractivity (Wildman–Crippen MR) is 112 cm³/mol. The summed E-state index contributed by atoms with van der Waals surface area (Å²) in [5.41, 5.74) is 3.49. The van der Waals surface area contributed by atoms with Gasteiger partial charge in [-0.3, -0.25) is 4.57 Å². The molecule has 4 atom stereocenters. The Morgan fingerprint density at radius 1 is 1.31 bits per heavy atom.